The van der Waals surface area contributed by atoms with Gasteiger partial charge in [-0.1, -0.05) is 6.92 Å². The van der Waals surface area contributed by atoms with Crippen molar-refractivity contribution < 1.29 is 4.57 Å². The number of fused-ring (bicyclic) bond motifs is 1. The van der Waals surface area contributed by atoms with E-state index in [1.54, 1.807) is 28.8 Å². The molecule has 2 heterocycles. The summed E-state index contributed by atoms with van der Waals surface area (Å²) in [6.45, 7) is 5.87. The monoisotopic (exact) mass is 324 g/mol. The molecule has 0 aliphatic heterocycles. The third-order valence-corrected chi connectivity index (χ3v) is 4.75. The van der Waals surface area contributed by atoms with E-state index in [1.807, 2.05) is 6.92 Å². The third-order valence-electron chi connectivity index (χ3n) is 3.79. The summed E-state index contributed by atoms with van der Waals surface area (Å²) in [6.07, 6.45) is 4.31. The lowest BCUT2D eigenvalue weighted by Crippen LogP contribution is -2.40. The molecule has 0 bridgehead atoms. The summed E-state index contributed by atoms with van der Waals surface area (Å²) < 4.78 is 16.7. The topological polar surface area (TPSA) is 78.9 Å². The van der Waals surface area contributed by atoms with Gasteiger partial charge in [0, 0.05) is 12.6 Å². The molecule has 22 heavy (non-hydrogen) atoms. The van der Waals surface area contributed by atoms with Crippen LogP contribution in [0, 0.1) is 0 Å². The normalized spacial score (nSPS) is 15.6. The number of aryl methyl sites for hydroxylation is 1. The van der Waals surface area contributed by atoms with Crippen molar-refractivity contribution in [2.24, 2.45) is 0 Å². The van der Waals surface area contributed by atoms with Crippen LogP contribution in [-0.4, -0.2) is 32.0 Å². The molecule has 0 unspecified atom stereocenters. The van der Waals surface area contributed by atoms with Crippen LogP contribution in [0.3, 0.4) is 0 Å². The Bertz CT molecular complexity index is 882. The molecule has 2 aromatic rings. The Kier molecular flexibility index (Phi) is 3.63. The van der Waals surface area contributed by atoms with Crippen molar-refractivity contribution in [3.05, 3.63) is 27.2 Å². The van der Waals surface area contributed by atoms with Gasteiger partial charge in [-0.05, 0) is 32.6 Å². The highest BCUT2D eigenvalue weighted by Gasteiger charge is 2.30. The first kappa shape index (κ1) is 15.3. The second kappa shape index (κ2) is 5.23. The van der Waals surface area contributed by atoms with Crippen molar-refractivity contribution in [3.63, 3.8) is 0 Å². The van der Waals surface area contributed by atoms with Crippen LogP contribution in [-0.2, 0) is 17.4 Å². The van der Waals surface area contributed by atoms with Gasteiger partial charge in [0.05, 0.1) is 12.6 Å². The van der Waals surface area contributed by atoms with Crippen LogP contribution >= 0.6 is 7.14 Å². The molecule has 1 aliphatic rings. The van der Waals surface area contributed by atoms with E-state index in [0.29, 0.717) is 17.7 Å². The molecule has 0 aromatic carbocycles. The summed E-state index contributed by atoms with van der Waals surface area (Å²) in [5.74, 6) is 0. The molecule has 1 saturated carbocycles. The zero-order chi connectivity index (χ0) is 16.1. The molecule has 0 spiro atoms. The molecule has 0 N–H and O–H groups in total. The molecule has 2 aromatic heterocycles. The molecule has 3 rings (SSSR count). The fraction of sp³-hybridized carbons (Fsp3) is 0.643. The van der Waals surface area contributed by atoms with E-state index in [2.05, 4.69) is 4.98 Å². The smallest absolute Gasteiger partial charge is 0.325 e. The van der Waals surface area contributed by atoms with Gasteiger partial charge in [-0.15, -0.1) is 0 Å². The molecule has 0 radical (unpaired) electrons. The average Bonchev–Trinajstić information content (AvgIpc) is 3.16. The zero-order valence-corrected chi connectivity index (χ0v) is 14.0. The maximum atomic E-state index is 12.7. The van der Waals surface area contributed by atoms with Crippen LogP contribution < -0.4 is 11.2 Å². The van der Waals surface area contributed by atoms with Crippen molar-refractivity contribution in [2.75, 3.05) is 13.3 Å². The van der Waals surface area contributed by atoms with E-state index in [-0.39, 0.29) is 23.6 Å². The van der Waals surface area contributed by atoms with Gasteiger partial charge in [-0.2, -0.15) is 0 Å². The Morgan fingerprint density at radius 1 is 1.32 bits per heavy atom. The number of aromatic nitrogens is 4. The van der Waals surface area contributed by atoms with Crippen molar-refractivity contribution in [2.45, 2.75) is 45.1 Å². The summed E-state index contributed by atoms with van der Waals surface area (Å²) in [5, 5.41) is 0. The minimum atomic E-state index is -2.54. The maximum Gasteiger partial charge on any atom is 0.333 e. The highest BCUT2D eigenvalue weighted by molar-refractivity contribution is 7.61. The van der Waals surface area contributed by atoms with E-state index in [1.165, 1.54) is 0 Å². The van der Waals surface area contributed by atoms with Crippen molar-refractivity contribution in [1.82, 2.24) is 18.7 Å². The third kappa shape index (κ3) is 2.58. The van der Waals surface area contributed by atoms with Crippen LogP contribution in [0.15, 0.2) is 15.9 Å². The van der Waals surface area contributed by atoms with Crippen molar-refractivity contribution in [1.29, 1.82) is 0 Å². The summed E-state index contributed by atoms with van der Waals surface area (Å²) in [4.78, 5) is 29.7. The van der Waals surface area contributed by atoms with Crippen LogP contribution in [0.5, 0.6) is 0 Å². The molecular formula is C14H21N4O3P. The number of nitrogens with zero attached hydrogens (tertiary/aromatic N) is 4. The van der Waals surface area contributed by atoms with Gasteiger partial charge in [-0.3, -0.25) is 13.9 Å². The first-order chi connectivity index (χ1) is 10.3. The molecule has 1 aliphatic carbocycles. The number of hydrogen-bond acceptors (Lipinski definition) is 4. The Morgan fingerprint density at radius 3 is 2.55 bits per heavy atom. The van der Waals surface area contributed by atoms with E-state index < -0.39 is 7.14 Å². The quantitative estimate of drug-likeness (QED) is 0.784. The van der Waals surface area contributed by atoms with E-state index >= 15 is 0 Å². The lowest BCUT2D eigenvalue weighted by Gasteiger charge is -2.13. The Morgan fingerprint density at radius 2 is 2.00 bits per heavy atom. The lowest BCUT2D eigenvalue weighted by atomic mass is 10.4. The summed E-state index contributed by atoms with van der Waals surface area (Å²) in [7, 11) is -2.54. The van der Waals surface area contributed by atoms with Gasteiger partial charge in [0.2, 0.25) is 0 Å². The van der Waals surface area contributed by atoms with Crippen molar-refractivity contribution >= 4 is 18.3 Å². The standard InChI is InChI=1S/C14H21N4O3P/c1-4-7-16-8-15-12-11(16)13(19)17(9-22(2,3)21)14(20)18(12)10-5-6-10/h8,10H,4-7,9H2,1-3H3. The predicted octanol–water partition coefficient (Wildman–Crippen LogP) is 1.68. The van der Waals surface area contributed by atoms with Gasteiger partial charge in [0.25, 0.3) is 5.56 Å². The van der Waals surface area contributed by atoms with Gasteiger partial charge in [0.1, 0.15) is 7.14 Å². The number of imidazole rings is 1. The van der Waals surface area contributed by atoms with E-state index in [4.69, 9.17) is 0 Å². The minimum absolute atomic E-state index is 0.0232. The number of rotatable bonds is 5. The van der Waals surface area contributed by atoms with Gasteiger partial charge in [-0.25, -0.2) is 9.78 Å². The minimum Gasteiger partial charge on any atom is -0.325 e. The van der Waals surface area contributed by atoms with E-state index in [0.717, 1.165) is 23.8 Å². The molecule has 7 nitrogen and oxygen atoms in total. The predicted molar refractivity (Wildman–Crippen MR) is 86.3 cm³/mol. The van der Waals surface area contributed by atoms with Crippen LogP contribution in [0.4, 0.5) is 0 Å². The first-order valence-corrected chi connectivity index (χ1v) is 10.4. The highest BCUT2D eigenvalue weighted by atomic mass is 31.2. The lowest BCUT2D eigenvalue weighted by molar-refractivity contribution is 0.563. The van der Waals surface area contributed by atoms with Gasteiger partial charge >= 0.3 is 5.69 Å². The van der Waals surface area contributed by atoms with E-state index in [9.17, 15) is 14.2 Å². The van der Waals surface area contributed by atoms with Crippen LogP contribution in [0.1, 0.15) is 32.2 Å². The molecule has 0 saturated heterocycles. The van der Waals surface area contributed by atoms with Crippen molar-refractivity contribution in [3.8, 4) is 0 Å². The van der Waals surface area contributed by atoms with Gasteiger partial charge in [0.15, 0.2) is 11.2 Å². The molecular weight excluding hydrogens is 303 g/mol. The molecule has 0 atom stereocenters. The Hall–Kier alpha value is -1.62. The second-order valence-corrected chi connectivity index (χ2v) is 9.87. The Labute approximate surface area is 128 Å². The van der Waals surface area contributed by atoms with Gasteiger partial charge < -0.3 is 9.13 Å². The van der Waals surface area contributed by atoms with Crippen LogP contribution in [0.25, 0.3) is 11.2 Å². The largest absolute Gasteiger partial charge is 0.333 e. The maximum absolute atomic E-state index is 12.7. The SMILES string of the molecule is CCCn1cnc2c1c(=O)n(CP(C)(C)=O)c(=O)n2C1CC1. The molecule has 0 amide bonds. The summed E-state index contributed by atoms with van der Waals surface area (Å²) >= 11 is 0. The highest BCUT2D eigenvalue weighted by Crippen LogP contribution is 2.38. The Balaban J connectivity index is 2.35. The molecule has 120 valence electrons. The average molecular weight is 324 g/mol. The molecule has 1 fully saturated rings. The molecule has 8 heteroatoms. The summed E-state index contributed by atoms with van der Waals surface area (Å²) in [6, 6.07) is 0.111. The van der Waals surface area contributed by atoms with Crippen LogP contribution in [0.2, 0.25) is 0 Å². The summed E-state index contributed by atoms with van der Waals surface area (Å²) in [5.41, 5.74) is 0.142. The zero-order valence-electron chi connectivity index (χ0n) is 13.2. The first-order valence-electron chi connectivity index (χ1n) is 7.57. The fourth-order valence-electron chi connectivity index (χ4n) is 2.74. The second-order valence-electron chi connectivity index (χ2n) is 6.44. The fourth-order valence-corrected chi connectivity index (χ4v) is 3.67. The number of hydrogen-bond donors (Lipinski definition) is 0.